The van der Waals surface area contributed by atoms with E-state index in [0.717, 1.165) is 11.8 Å². The molecule has 0 spiro atoms. The summed E-state index contributed by atoms with van der Waals surface area (Å²) < 4.78 is 0. The van der Waals surface area contributed by atoms with Crippen molar-refractivity contribution in [1.82, 2.24) is 0 Å². The first kappa shape index (κ1) is 11.7. The Bertz CT molecular complexity index is 135. The highest BCUT2D eigenvalue weighted by atomic mass is 14.2. The smallest absolute Gasteiger partial charge is 0.0211 e. The van der Waals surface area contributed by atoms with E-state index >= 15 is 0 Å². The summed E-state index contributed by atoms with van der Waals surface area (Å²) in [5, 5.41) is 0. The second-order valence-electron chi connectivity index (χ2n) is 4.36. The molecule has 72 valence electrons. The SMILES string of the molecule is C=C(C)C(C)C(C)CC(C)CC. The van der Waals surface area contributed by atoms with Crippen molar-refractivity contribution in [2.24, 2.45) is 17.8 Å². The predicted octanol–water partition coefficient (Wildman–Crippen LogP) is 4.27. The average Bonchev–Trinajstić information content (AvgIpc) is 2.02. The van der Waals surface area contributed by atoms with E-state index in [1.54, 1.807) is 0 Å². The van der Waals surface area contributed by atoms with E-state index in [1.165, 1.54) is 18.4 Å². The first-order valence-corrected chi connectivity index (χ1v) is 5.14. The van der Waals surface area contributed by atoms with E-state index in [4.69, 9.17) is 0 Å². The molecule has 0 aliphatic heterocycles. The first-order valence-electron chi connectivity index (χ1n) is 5.14. The molecular formula is C12H24. The molecule has 0 bridgehead atoms. The fraction of sp³-hybridized carbons (Fsp3) is 0.833. The molecule has 0 aromatic carbocycles. The zero-order valence-corrected chi connectivity index (χ0v) is 9.35. The van der Waals surface area contributed by atoms with Crippen LogP contribution in [0, 0.1) is 17.8 Å². The van der Waals surface area contributed by atoms with Gasteiger partial charge < -0.3 is 0 Å². The largest absolute Gasteiger partial charge is 0.0999 e. The van der Waals surface area contributed by atoms with Crippen LogP contribution >= 0.6 is 0 Å². The maximum atomic E-state index is 4.01. The Balaban J connectivity index is 3.86. The van der Waals surface area contributed by atoms with Crippen LogP contribution in [0.3, 0.4) is 0 Å². The van der Waals surface area contributed by atoms with Crippen LogP contribution in [0.2, 0.25) is 0 Å². The third kappa shape index (κ3) is 3.94. The summed E-state index contributed by atoms with van der Waals surface area (Å²) >= 11 is 0. The quantitative estimate of drug-likeness (QED) is 0.538. The number of hydrogen-bond acceptors (Lipinski definition) is 0. The van der Waals surface area contributed by atoms with Crippen LogP contribution in [-0.4, -0.2) is 0 Å². The van der Waals surface area contributed by atoms with E-state index in [2.05, 4.69) is 41.2 Å². The van der Waals surface area contributed by atoms with E-state index in [0.29, 0.717) is 5.92 Å². The van der Waals surface area contributed by atoms with Crippen LogP contribution in [-0.2, 0) is 0 Å². The van der Waals surface area contributed by atoms with Gasteiger partial charge in [-0.15, -0.1) is 0 Å². The Morgan fingerprint density at radius 2 is 1.75 bits per heavy atom. The summed E-state index contributed by atoms with van der Waals surface area (Å²) in [5.74, 6) is 2.33. The number of allylic oxidation sites excluding steroid dienone is 1. The van der Waals surface area contributed by atoms with Gasteiger partial charge in [-0.25, -0.2) is 0 Å². The van der Waals surface area contributed by atoms with Crippen molar-refractivity contribution < 1.29 is 0 Å². The molecule has 0 rings (SSSR count). The zero-order valence-electron chi connectivity index (χ0n) is 9.35. The van der Waals surface area contributed by atoms with Crippen LogP contribution in [0.15, 0.2) is 12.2 Å². The molecule has 12 heavy (non-hydrogen) atoms. The molecule has 0 saturated carbocycles. The minimum atomic E-state index is 0.680. The molecular weight excluding hydrogens is 144 g/mol. The van der Waals surface area contributed by atoms with Gasteiger partial charge in [0.15, 0.2) is 0 Å². The fourth-order valence-electron chi connectivity index (χ4n) is 1.49. The van der Waals surface area contributed by atoms with E-state index < -0.39 is 0 Å². The van der Waals surface area contributed by atoms with Gasteiger partial charge in [-0.05, 0) is 31.1 Å². The number of hydrogen-bond donors (Lipinski definition) is 0. The minimum absolute atomic E-state index is 0.680. The second kappa shape index (κ2) is 5.40. The van der Waals surface area contributed by atoms with Gasteiger partial charge in [-0.2, -0.15) is 0 Å². The van der Waals surface area contributed by atoms with Gasteiger partial charge in [-0.3, -0.25) is 0 Å². The Morgan fingerprint density at radius 1 is 1.25 bits per heavy atom. The summed E-state index contributed by atoms with van der Waals surface area (Å²) in [6.07, 6.45) is 2.64. The van der Waals surface area contributed by atoms with E-state index in [-0.39, 0.29) is 0 Å². The molecule has 0 radical (unpaired) electrons. The highest BCUT2D eigenvalue weighted by Crippen LogP contribution is 2.25. The van der Waals surface area contributed by atoms with Crippen molar-refractivity contribution in [2.45, 2.75) is 47.5 Å². The molecule has 0 saturated heterocycles. The van der Waals surface area contributed by atoms with Crippen LogP contribution in [0.1, 0.15) is 47.5 Å². The molecule has 0 amide bonds. The molecule has 0 aromatic rings. The maximum Gasteiger partial charge on any atom is -0.0211 e. The summed E-state index contributed by atoms with van der Waals surface area (Å²) in [5.41, 5.74) is 1.32. The zero-order chi connectivity index (χ0) is 9.72. The summed E-state index contributed by atoms with van der Waals surface area (Å²) in [4.78, 5) is 0. The normalized spacial score (nSPS) is 18.4. The molecule has 0 nitrogen and oxygen atoms in total. The van der Waals surface area contributed by atoms with E-state index in [9.17, 15) is 0 Å². The standard InChI is InChI=1S/C12H24/c1-7-10(4)8-11(5)12(6)9(2)3/h10-12H,2,7-8H2,1,3-6H3. The summed E-state index contributed by atoms with van der Waals surface area (Å²) in [6.45, 7) is 15.4. The van der Waals surface area contributed by atoms with Crippen molar-refractivity contribution in [3.63, 3.8) is 0 Å². The Labute approximate surface area is 78.1 Å². The van der Waals surface area contributed by atoms with Crippen LogP contribution in [0.25, 0.3) is 0 Å². The highest BCUT2D eigenvalue weighted by Gasteiger charge is 2.14. The van der Waals surface area contributed by atoms with E-state index in [1.807, 2.05) is 0 Å². The lowest BCUT2D eigenvalue weighted by Gasteiger charge is -2.22. The third-order valence-corrected chi connectivity index (χ3v) is 3.10. The van der Waals surface area contributed by atoms with Crippen molar-refractivity contribution in [2.75, 3.05) is 0 Å². The van der Waals surface area contributed by atoms with Crippen LogP contribution < -0.4 is 0 Å². The molecule has 0 heteroatoms. The molecule has 0 aliphatic carbocycles. The minimum Gasteiger partial charge on any atom is -0.0999 e. The lowest BCUT2D eigenvalue weighted by molar-refractivity contribution is 0.339. The maximum absolute atomic E-state index is 4.01. The van der Waals surface area contributed by atoms with Gasteiger partial charge in [0.2, 0.25) is 0 Å². The summed E-state index contributed by atoms with van der Waals surface area (Å²) in [6, 6.07) is 0. The van der Waals surface area contributed by atoms with Gasteiger partial charge in [0.1, 0.15) is 0 Å². The lowest BCUT2D eigenvalue weighted by atomic mass is 9.83. The topological polar surface area (TPSA) is 0 Å². The van der Waals surface area contributed by atoms with Crippen molar-refractivity contribution in [1.29, 1.82) is 0 Å². The van der Waals surface area contributed by atoms with Gasteiger partial charge in [0.25, 0.3) is 0 Å². The molecule has 3 atom stereocenters. The van der Waals surface area contributed by atoms with Crippen molar-refractivity contribution >= 4 is 0 Å². The van der Waals surface area contributed by atoms with Crippen molar-refractivity contribution in [3.8, 4) is 0 Å². The lowest BCUT2D eigenvalue weighted by Crippen LogP contribution is -2.12. The molecule has 3 unspecified atom stereocenters. The number of rotatable bonds is 5. The van der Waals surface area contributed by atoms with Crippen molar-refractivity contribution in [3.05, 3.63) is 12.2 Å². The van der Waals surface area contributed by atoms with Crippen LogP contribution in [0.5, 0.6) is 0 Å². The second-order valence-corrected chi connectivity index (χ2v) is 4.36. The van der Waals surface area contributed by atoms with Gasteiger partial charge in [0.05, 0.1) is 0 Å². The molecule has 0 fully saturated rings. The monoisotopic (exact) mass is 168 g/mol. The first-order chi connectivity index (χ1) is 5.49. The Kier molecular flexibility index (Phi) is 5.28. The predicted molar refractivity (Wildman–Crippen MR) is 57.2 cm³/mol. The van der Waals surface area contributed by atoms with Gasteiger partial charge >= 0.3 is 0 Å². The van der Waals surface area contributed by atoms with Gasteiger partial charge in [-0.1, -0.05) is 46.3 Å². The van der Waals surface area contributed by atoms with Gasteiger partial charge in [0, 0.05) is 0 Å². The molecule has 0 heterocycles. The fourth-order valence-corrected chi connectivity index (χ4v) is 1.49. The highest BCUT2D eigenvalue weighted by molar-refractivity contribution is 4.95. The molecule has 0 N–H and O–H groups in total. The Hall–Kier alpha value is -0.260. The summed E-state index contributed by atoms with van der Waals surface area (Å²) in [7, 11) is 0. The Morgan fingerprint density at radius 3 is 2.08 bits per heavy atom. The molecule has 0 aliphatic rings. The van der Waals surface area contributed by atoms with Crippen LogP contribution in [0.4, 0.5) is 0 Å². The average molecular weight is 168 g/mol. The third-order valence-electron chi connectivity index (χ3n) is 3.10. The molecule has 0 aromatic heterocycles.